The second-order valence-corrected chi connectivity index (χ2v) is 5.64. The zero-order valence-corrected chi connectivity index (χ0v) is 12.4. The smallest absolute Gasteiger partial charge is 0.251 e. The number of anilines is 1. The van der Waals surface area contributed by atoms with E-state index in [-0.39, 0.29) is 17.7 Å². The standard InChI is InChI=1S/C16H23N3O2/c1-11-9-14(11)16(21)19-13-6-4-5-12(10-13)15(20)18-8-3-2-7-17/h4-6,10-11,14H,2-3,7-9,17H2,1H3,(H,18,20)(H,19,21). The van der Waals surface area contributed by atoms with Crippen LogP contribution in [0.5, 0.6) is 0 Å². The summed E-state index contributed by atoms with van der Waals surface area (Å²) in [6, 6.07) is 7.04. The molecule has 0 bridgehead atoms. The Labute approximate surface area is 125 Å². The predicted molar refractivity (Wildman–Crippen MR) is 83.0 cm³/mol. The summed E-state index contributed by atoms with van der Waals surface area (Å²) in [7, 11) is 0. The minimum Gasteiger partial charge on any atom is -0.352 e. The molecule has 4 N–H and O–H groups in total. The van der Waals surface area contributed by atoms with Gasteiger partial charge < -0.3 is 16.4 Å². The fourth-order valence-corrected chi connectivity index (χ4v) is 2.23. The topological polar surface area (TPSA) is 84.2 Å². The Balaban J connectivity index is 1.87. The number of hydrogen-bond donors (Lipinski definition) is 3. The molecule has 2 amide bonds. The van der Waals surface area contributed by atoms with Crippen molar-refractivity contribution < 1.29 is 9.59 Å². The van der Waals surface area contributed by atoms with Crippen molar-refractivity contribution in [1.82, 2.24) is 5.32 Å². The minimum atomic E-state index is -0.122. The number of amides is 2. The van der Waals surface area contributed by atoms with Gasteiger partial charge in [0.2, 0.25) is 5.91 Å². The van der Waals surface area contributed by atoms with E-state index in [1.54, 1.807) is 24.3 Å². The molecule has 0 radical (unpaired) electrons. The molecule has 1 saturated carbocycles. The Morgan fingerprint density at radius 1 is 1.33 bits per heavy atom. The molecular weight excluding hydrogens is 266 g/mol. The lowest BCUT2D eigenvalue weighted by atomic mass is 10.1. The highest BCUT2D eigenvalue weighted by Gasteiger charge is 2.39. The molecule has 1 aromatic rings. The van der Waals surface area contributed by atoms with Crippen molar-refractivity contribution in [3.63, 3.8) is 0 Å². The Hall–Kier alpha value is -1.88. The molecule has 0 aromatic heterocycles. The van der Waals surface area contributed by atoms with Crippen molar-refractivity contribution >= 4 is 17.5 Å². The van der Waals surface area contributed by atoms with Crippen LogP contribution in [0, 0.1) is 11.8 Å². The van der Waals surface area contributed by atoms with Crippen LogP contribution < -0.4 is 16.4 Å². The molecule has 1 aliphatic carbocycles. The SMILES string of the molecule is CC1CC1C(=O)Nc1cccc(C(=O)NCCCCN)c1. The first-order chi connectivity index (χ1) is 10.1. The summed E-state index contributed by atoms with van der Waals surface area (Å²) in [5.41, 5.74) is 6.64. The second kappa shape index (κ2) is 7.22. The Kier molecular flexibility index (Phi) is 5.33. The first-order valence-electron chi connectivity index (χ1n) is 7.51. The average Bonchev–Trinajstić information content (AvgIpc) is 3.21. The summed E-state index contributed by atoms with van der Waals surface area (Å²) in [6.45, 7) is 3.32. The maximum Gasteiger partial charge on any atom is 0.251 e. The molecule has 2 unspecified atom stereocenters. The minimum absolute atomic E-state index is 0.0444. The quantitative estimate of drug-likeness (QED) is 0.669. The van der Waals surface area contributed by atoms with Gasteiger partial charge in [0.25, 0.3) is 5.91 Å². The van der Waals surface area contributed by atoms with Gasteiger partial charge in [0.1, 0.15) is 0 Å². The third kappa shape index (κ3) is 4.56. The Bertz CT molecular complexity index is 516. The van der Waals surface area contributed by atoms with Gasteiger partial charge in [0, 0.05) is 23.7 Å². The number of benzene rings is 1. The van der Waals surface area contributed by atoms with Crippen molar-refractivity contribution in [3.8, 4) is 0 Å². The number of nitrogens with one attached hydrogen (secondary N) is 2. The summed E-state index contributed by atoms with van der Waals surface area (Å²) < 4.78 is 0. The lowest BCUT2D eigenvalue weighted by Crippen LogP contribution is -2.25. The van der Waals surface area contributed by atoms with Gasteiger partial charge in [0.05, 0.1) is 0 Å². The fourth-order valence-electron chi connectivity index (χ4n) is 2.23. The first kappa shape index (κ1) is 15.5. The van der Waals surface area contributed by atoms with Gasteiger partial charge in [-0.15, -0.1) is 0 Å². The van der Waals surface area contributed by atoms with Gasteiger partial charge in [-0.2, -0.15) is 0 Å². The van der Waals surface area contributed by atoms with Crippen LogP contribution in [0.4, 0.5) is 5.69 Å². The normalized spacial score (nSPS) is 19.9. The van der Waals surface area contributed by atoms with Crippen molar-refractivity contribution in [1.29, 1.82) is 0 Å². The Morgan fingerprint density at radius 2 is 2.10 bits per heavy atom. The maximum atomic E-state index is 12.0. The third-order valence-corrected chi connectivity index (χ3v) is 3.76. The van der Waals surface area contributed by atoms with Crippen LogP contribution in [-0.2, 0) is 4.79 Å². The number of unbranched alkanes of at least 4 members (excludes halogenated alkanes) is 1. The molecule has 5 heteroatoms. The lowest BCUT2D eigenvalue weighted by molar-refractivity contribution is -0.117. The molecule has 1 aliphatic rings. The van der Waals surface area contributed by atoms with E-state index in [2.05, 4.69) is 17.6 Å². The number of carbonyl (C=O) groups excluding carboxylic acids is 2. The molecule has 0 heterocycles. The second-order valence-electron chi connectivity index (χ2n) is 5.64. The first-order valence-corrected chi connectivity index (χ1v) is 7.51. The molecular formula is C16H23N3O2. The van der Waals surface area contributed by atoms with Crippen molar-refractivity contribution in [2.75, 3.05) is 18.4 Å². The van der Waals surface area contributed by atoms with Crippen molar-refractivity contribution in [2.24, 2.45) is 17.6 Å². The van der Waals surface area contributed by atoms with E-state index in [1.165, 1.54) is 0 Å². The van der Waals surface area contributed by atoms with Crippen LogP contribution >= 0.6 is 0 Å². The molecule has 5 nitrogen and oxygen atoms in total. The van der Waals surface area contributed by atoms with Gasteiger partial charge >= 0.3 is 0 Å². The van der Waals surface area contributed by atoms with Crippen LogP contribution in [0.1, 0.15) is 36.5 Å². The molecule has 2 rings (SSSR count). The molecule has 21 heavy (non-hydrogen) atoms. The van der Waals surface area contributed by atoms with E-state index >= 15 is 0 Å². The van der Waals surface area contributed by atoms with Gasteiger partial charge in [0.15, 0.2) is 0 Å². The van der Waals surface area contributed by atoms with Crippen LogP contribution in [0.3, 0.4) is 0 Å². The van der Waals surface area contributed by atoms with E-state index in [9.17, 15) is 9.59 Å². The van der Waals surface area contributed by atoms with Gasteiger partial charge in [-0.1, -0.05) is 13.0 Å². The number of rotatable bonds is 7. The van der Waals surface area contributed by atoms with E-state index < -0.39 is 0 Å². The monoisotopic (exact) mass is 289 g/mol. The van der Waals surface area contributed by atoms with Gasteiger partial charge in [-0.3, -0.25) is 9.59 Å². The van der Waals surface area contributed by atoms with E-state index in [0.29, 0.717) is 30.3 Å². The molecule has 2 atom stereocenters. The molecule has 114 valence electrons. The number of nitrogens with two attached hydrogens (primary N) is 1. The van der Waals surface area contributed by atoms with Crippen LogP contribution in [0.2, 0.25) is 0 Å². The molecule has 0 spiro atoms. The summed E-state index contributed by atoms with van der Waals surface area (Å²) in [6.07, 6.45) is 2.72. The average molecular weight is 289 g/mol. The summed E-state index contributed by atoms with van der Waals surface area (Å²) >= 11 is 0. The number of hydrogen-bond acceptors (Lipinski definition) is 3. The molecule has 1 fully saturated rings. The largest absolute Gasteiger partial charge is 0.352 e. The zero-order chi connectivity index (χ0) is 15.2. The van der Waals surface area contributed by atoms with E-state index in [0.717, 1.165) is 19.3 Å². The highest BCUT2D eigenvalue weighted by atomic mass is 16.2. The molecule has 0 aliphatic heterocycles. The van der Waals surface area contributed by atoms with Gasteiger partial charge in [-0.05, 0) is 49.9 Å². The maximum absolute atomic E-state index is 12.0. The van der Waals surface area contributed by atoms with E-state index in [1.807, 2.05) is 0 Å². The zero-order valence-electron chi connectivity index (χ0n) is 12.4. The number of carbonyl (C=O) groups is 2. The van der Waals surface area contributed by atoms with Gasteiger partial charge in [-0.25, -0.2) is 0 Å². The summed E-state index contributed by atoms with van der Waals surface area (Å²) in [5, 5.41) is 5.72. The summed E-state index contributed by atoms with van der Waals surface area (Å²) in [5.74, 6) is 0.517. The Morgan fingerprint density at radius 3 is 2.76 bits per heavy atom. The predicted octanol–water partition coefficient (Wildman–Crippen LogP) is 1.75. The fraction of sp³-hybridized carbons (Fsp3) is 0.500. The van der Waals surface area contributed by atoms with Crippen LogP contribution in [-0.4, -0.2) is 24.9 Å². The van der Waals surface area contributed by atoms with Crippen LogP contribution in [0.15, 0.2) is 24.3 Å². The van der Waals surface area contributed by atoms with Crippen molar-refractivity contribution in [2.45, 2.75) is 26.2 Å². The molecule has 1 aromatic carbocycles. The highest BCUT2D eigenvalue weighted by molar-refractivity contribution is 5.98. The van der Waals surface area contributed by atoms with Crippen LogP contribution in [0.25, 0.3) is 0 Å². The third-order valence-electron chi connectivity index (χ3n) is 3.76. The highest BCUT2D eigenvalue weighted by Crippen LogP contribution is 2.38. The van der Waals surface area contributed by atoms with Crippen molar-refractivity contribution in [3.05, 3.63) is 29.8 Å². The lowest BCUT2D eigenvalue weighted by Gasteiger charge is -2.08. The molecule has 0 saturated heterocycles. The summed E-state index contributed by atoms with van der Waals surface area (Å²) in [4.78, 5) is 23.9. The van der Waals surface area contributed by atoms with E-state index in [4.69, 9.17) is 5.73 Å².